The summed E-state index contributed by atoms with van der Waals surface area (Å²) in [6, 6.07) is 7.66. The SMILES string of the molecule is CCN(CCN(C)C)c1nc(OC)c(NC(=O)C2OC(Oc3cccc([Si](C)(C)C)c3)=CC2=O)c(OC)n1. The van der Waals surface area contributed by atoms with Crippen molar-refractivity contribution in [3.63, 3.8) is 0 Å². The molecule has 206 valence electrons. The molecule has 0 spiro atoms. The Kier molecular flexibility index (Phi) is 9.34. The van der Waals surface area contributed by atoms with E-state index in [1.165, 1.54) is 25.5 Å². The first-order valence-electron chi connectivity index (χ1n) is 12.4. The van der Waals surface area contributed by atoms with Gasteiger partial charge in [-0.1, -0.05) is 37.0 Å². The zero-order valence-corrected chi connectivity index (χ0v) is 24.3. The monoisotopic (exact) mass is 543 g/mol. The van der Waals surface area contributed by atoms with Crippen LogP contribution >= 0.6 is 0 Å². The number of methoxy groups -OCH3 is 2. The number of anilines is 2. The van der Waals surface area contributed by atoms with Crippen LogP contribution in [0.15, 0.2) is 36.3 Å². The number of nitrogens with one attached hydrogen (secondary N) is 1. The summed E-state index contributed by atoms with van der Waals surface area (Å²) in [6.07, 6.45) is -0.268. The fourth-order valence-corrected chi connectivity index (χ4v) is 4.81. The smallest absolute Gasteiger partial charge is 0.289 e. The van der Waals surface area contributed by atoms with Gasteiger partial charge in [0.2, 0.25) is 29.6 Å². The van der Waals surface area contributed by atoms with Crippen LogP contribution in [-0.4, -0.2) is 88.7 Å². The molecule has 0 saturated heterocycles. The number of carbonyl (C=O) groups excluding carboxylic acids is 2. The second kappa shape index (κ2) is 12.3. The van der Waals surface area contributed by atoms with Crippen LogP contribution < -0.4 is 29.6 Å². The van der Waals surface area contributed by atoms with Gasteiger partial charge in [0.25, 0.3) is 11.9 Å². The maximum absolute atomic E-state index is 13.1. The lowest BCUT2D eigenvalue weighted by Gasteiger charge is -2.24. The van der Waals surface area contributed by atoms with Crippen molar-refractivity contribution in [2.75, 3.05) is 58.2 Å². The summed E-state index contributed by atoms with van der Waals surface area (Å²) in [5, 5.41) is 3.83. The van der Waals surface area contributed by atoms with Crippen molar-refractivity contribution in [3.8, 4) is 17.5 Å². The van der Waals surface area contributed by atoms with Crippen LogP contribution in [0.4, 0.5) is 11.6 Å². The minimum absolute atomic E-state index is 0.0483. The van der Waals surface area contributed by atoms with E-state index >= 15 is 0 Å². The molecular weight excluding hydrogens is 506 g/mol. The lowest BCUT2D eigenvalue weighted by atomic mass is 10.2. The molecule has 12 heteroatoms. The van der Waals surface area contributed by atoms with E-state index in [1.807, 2.05) is 38.1 Å². The number of rotatable bonds is 12. The molecule has 0 saturated carbocycles. The Labute approximate surface area is 224 Å². The molecular formula is C26H37N5O6Si. The molecule has 2 heterocycles. The maximum Gasteiger partial charge on any atom is 0.289 e. The molecule has 0 aliphatic carbocycles. The number of carbonyl (C=O) groups is 2. The van der Waals surface area contributed by atoms with Crippen molar-refractivity contribution in [1.82, 2.24) is 14.9 Å². The Hall–Kier alpha value is -3.64. The van der Waals surface area contributed by atoms with Gasteiger partial charge in [0, 0.05) is 19.6 Å². The van der Waals surface area contributed by atoms with Gasteiger partial charge in [0.05, 0.1) is 28.4 Å². The number of amides is 1. The largest absolute Gasteiger partial charge is 0.479 e. The summed E-state index contributed by atoms with van der Waals surface area (Å²) in [6.45, 7) is 10.8. The van der Waals surface area contributed by atoms with Gasteiger partial charge in [-0.2, -0.15) is 9.97 Å². The number of aromatic nitrogens is 2. The van der Waals surface area contributed by atoms with E-state index in [4.69, 9.17) is 18.9 Å². The number of likely N-dealkylation sites (N-methyl/N-ethyl adjacent to an activating group) is 2. The molecule has 0 radical (unpaired) electrons. The summed E-state index contributed by atoms with van der Waals surface area (Å²) in [4.78, 5) is 38.6. The van der Waals surface area contributed by atoms with Crippen LogP contribution in [0, 0.1) is 0 Å². The Balaban J connectivity index is 1.76. The molecule has 1 unspecified atom stereocenters. The molecule has 1 atom stereocenters. The summed E-state index contributed by atoms with van der Waals surface area (Å²) >= 11 is 0. The third-order valence-corrected chi connectivity index (χ3v) is 7.90. The average molecular weight is 544 g/mol. The topological polar surface area (TPSA) is 115 Å². The molecule has 38 heavy (non-hydrogen) atoms. The number of ketones is 1. The summed E-state index contributed by atoms with van der Waals surface area (Å²) < 4.78 is 22.2. The molecule has 0 fully saturated rings. The molecule has 11 nitrogen and oxygen atoms in total. The second-order valence-electron chi connectivity index (χ2n) is 10.0. The first-order chi connectivity index (χ1) is 18.0. The van der Waals surface area contributed by atoms with Gasteiger partial charge in [0.15, 0.2) is 5.69 Å². The van der Waals surface area contributed by atoms with Crippen molar-refractivity contribution >= 4 is 36.6 Å². The van der Waals surface area contributed by atoms with E-state index in [0.717, 1.165) is 6.54 Å². The van der Waals surface area contributed by atoms with Gasteiger partial charge in [-0.15, -0.1) is 0 Å². The molecule has 1 aromatic heterocycles. The zero-order valence-electron chi connectivity index (χ0n) is 23.3. The van der Waals surface area contributed by atoms with Gasteiger partial charge in [-0.3, -0.25) is 9.59 Å². The minimum Gasteiger partial charge on any atom is -0.479 e. The van der Waals surface area contributed by atoms with Gasteiger partial charge in [-0.25, -0.2) is 0 Å². The molecule has 1 aliphatic rings. The van der Waals surface area contributed by atoms with Crippen LogP contribution in [0.25, 0.3) is 0 Å². The number of ether oxygens (including phenoxy) is 4. The number of benzene rings is 1. The van der Waals surface area contributed by atoms with Gasteiger partial charge >= 0.3 is 0 Å². The molecule has 3 rings (SSSR count). The maximum atomic E-state index is 13.1. The standard InChI is InChI=1S/C26H37N5O6Si/c1-9-31(14-13-30(2)3)26-28-24(34-4)21(25(29-26)35-5)27-23(33)22-19(32)16-20(37-22)36-17-11-10-12-18(15-17)38(6,7)8/h10-12,15-16,22H,9,13-14H2,1-8H3,(H,27,33). The highest BCUT2D eigenvalue weighted by atomic mass is 28.3. The minimum atomic E-state index is -1.56. The zero-order chi connectivity index (χ0) is 28.0. The van der Waals surface area contributed by atoms with Crippen LogP contribution in [0.5, 0.6) is 17.5 Å². The van der Waals surface area contributed by atoms with E-state index in [-0.39, 0.29) is 23.4 Å². The molecule has 0 bridgehead atoms. The molecule has 1 aromatic carbocycles. The van der Waals surface area contributed by atoms with E-state index < -0.39 is 25.9 Å². The van der Waals surface area contributed by atoms with E-state index in [0.29, 0.717) is 24.8 Å². The number of hydrogen-bond acceptors (Lipinski definition) is 10. The second-order valence-corrected chi connectivity index (χ2v) is 15.1. The van der Waals surface area contributed by atoms with E-state index in [1.54, 1.807) is 6.07 Å². The normalized spacial score (nSPS) is 15.1. The predicted molar refractivity (Wildman–Crippen MR) is 148 cm³/mol. The average Bonchev–Trinajstić information content (AvgIpc) is 3.23. The lowest BCUT2D eigenvalue weighted by molar-refractivity contribution is -0.134. The van der Waals surface area contributed by atoms with Crippen LogP contribution in [-0.2, 0) is 14.3 Å². The number of nitrogens with zero attached hydrogens (tertiary/aromatic N) is 4. The Morgan fingerprint density at radius 1 is 1.11 bits per heavy atom. The van der Waals surface area contributed by atoms with Crippen molar-refractivity contribution in [3.05, 3.63) is 36.3 Å². The Morgan fingerprint density at radius 3 is 2.32 bits per heavy atom. The number of hydrogen-bond donors (Lipinski definition) is 1. The molecule has 1 N–H and O–H groups in total. The Bertz CT molecular complexity index is 1170. The van der Waals surface area contributed by atoms with Gasteiger partial charge < -0.3 is 34.1 Å². The highest BCUT2D eigenvalue weighted by Gasteiger charge is 2.36. The molecule has 1 amide bonds. The molecule has 1 aliphatic heterocycles. The summed E-state index contributed by atoms with van der Waals surface area (Å²) in [7, 11) is 5.26. The van der Waals surface area contributed by atoms with Crippen LogP contribution in [0.1, 0.15) is 6.92 Å². The highest BCUT2D eigenvalue weighted by Crippen LogP contribution is 2.34. The van der Waals surface area contributed by atoms with Crippen molar-refractivity contribution in [2.24, 2.45) is 0 Å². The van der Waals surface area contributed by atoms with Crippen molar-refractivity contribution in [2.45, 2.75) is 32.7 Å². The Morgan fingerprint density at radius 2 is 1.76 bits per heavy atom. The summed E-state index contributed by atoms with van der Waals surface area (Å²) in [5.41, 5.74) is 0.0982. The van der Waals surface area contributed by atoms with E-state index in [9.17, 15) is 9.59 Å². The summed E-state index contributed by atoms with van der Waals surface area (Å²) in [5.74, 6) is -0.195. The van der Waals surface area contributed by atoms with E-state index in [2.05, 4.69) is 45.9 Å². The quantitative estimate of drug-likeness (QED) is 0.316. The fraction of sp³-hybridized carbons (Fsp3) is 0.462. The lowest BCUT2D eigenvalue weighted by Crippen LogP contribution is -2.37. The van der Waals surface area contributed by atoms with Crippen molar-refractivity contribution in [1.29, 1.82) is 0 Å². The van der Waals surface area contributed by atoms with Crippen LogP contribution in [0.3, 0.4) is 0 Å². The third-order valence-electron chi connectivity index (χ3n) is 5.86. The van der Waals surface area contributed by atoms with Crippen LogP contribution in [0.2, 0.25) is 19.6 Å². The van der Waals surface area contributed by atoms with Crippen molar-refractivity contribution < 1.29 is 28.5 Å². The highest BCUT2D eigenvalue weighted by molar-refractivity contribution is 6.88. The third kappa shape index (κ3) is 7.01. The first kappa shape index (κ1) is 28.9. The molecule has 2 aromatic rings. The van der Waals surface area contributed by atoms with Gasteiger partial charge in [-0.05, 0) is 33.2 Å². The fourth-order valence-electron chi connectivity index (χ4n) is 3.64. The first-order valence-corrected chi connectivity index (χ1v) is 15.9. The predicted octanol–water partition coefficient (Wildman–Crippen LogP) is 2.25. The van der Waals surface area contributed by atoms with Gasteiger partial charge in [0.1, 0.15) is 5.75 Å².